The molecule has 0 saturated heterocycles. The summed E-state index contributed by atoms with van der Waals surface area (Å²) in [5, 5.41) is 0. The van der Waals surface area contributed by atoms with Crippen LogP contribution in [0.5, 0.6) is 0 Å². The Hall–Kier alpha value is -2.58. The van der Waals surface area contributed by atoms with E-state index in [0.29, 0.717) is 33.3 Å². The zero-order chi connectivity index (χ0) is 18.4. The van der Waals surface area contributed by atoms with Gasteiger partial charge in [0.25, 0.3) is 0 Å². The zero-order valence-electron chi connectivity index (χ0n) is 13.8. The number of hydrogen-bond donors (Lipinski definition) is 0. The van der Waals surface area contributed by atoms with Crippen LogP contribution in [0.15, 0.2) is 52.2 Å². The Balaban J connectivity index is 1.93. The van der Waals surface area contributed by atoms with Crippen LogP contribution in [0.4, 0.5) is 0 Å². The first-order valence-electron chi connectivity index (χ1n) is 7.78. The number of ketones is 1. The molecule has 2 heterocycles. The van der Waals surface area contributed by atoms with Crippen molar-refractivity contribution in [2.75, 3.05) is 0 Å². The van der Waals surface area contributed by atoms with E-state index in [4.69, 9.17) is 0 Å². The molecule has 0 aliphatic carbocycles. The number of hydrogen-bond acceptors (Lipinski definition) is 5. The third-order valence-electron chi connectivity index (χ3n) is 4.16. The fourth-order valence-electron chi connectivity index (χ4n) is 2.98. The Bertz CT molecular complexity index is 1230. The molecule has 4 rings (SSSR count). The molecule has 4 aromatic rings. The Morgan fingerprint density at radius 2 is 1.92 bits per heavy atom. The van der Waals surface area contributed by atoms with Crippen LogP contribution in [0, 0.1) is 0 Å². The minimum absolute atomic E-state index is 0.0755. The summed E-state index contributed by atoms with van der Waals surface area (Å²) in [6.07, 6.45) is 0. The minimum Gasteiger partial charge on any atom is -0.292 e. The van der Waals surface area contributed by atoms with Crippen molar-refractivity contribution >= 4 is 61.2 Å². The molecule has 0 radical (unpaired) electrons. The second-order valence-electron chi connectivity index (χ2n) is 5.93. The van der Waals surface area contributed by atoms with E-state index >= 15 is 0 Å². The summed E-state index contributed by atoms with van der Waals surface area (Å²) in [7, 11) is 0. The highest BCUT2D eigenvalue weighted by atomic mass is 79.9. The van der Waals surface area contributed by atoms with Crippen molar-refractivity contribution in [3.05, 3.63) is 63.5 Å². The van der Waals surface area contributed by atoms with Crippen molar-refractivity contribution in [2.24, 2.45) is 0 Å². The van der Waals surface area contributed by atoms with Crippen LogP contribution >= 0.6 is 27.7 Å². The van der Waals surface area contributed by atoms with Gasteiger partial charge in [-0.25, -0.2) is 4.79 Å². The average Bonchev–Trinajstić information content (AvgIpc) is 3.18. The highest BCUT2D eigenvalue weighted by Crippen LogP contribution is 2.25. The van der Waals surface area contributed by atoms with E-state index in [1.165, 1.54) is 9.13 Å². The van der Waals surface area contributed by atoms with Gasteiger partial charge in [-0.05, 0) is 31.2 Å². The Labute approximate surface area is 160 Å². The minimum atomic E-state index is -0.307. The van der Waals surface area contributed by atoms with Gasteiger partial charge in [-0.2, -0.15) is 8.75 Å². The topological polar surface area (TPSA) is 69.8 Å². The van der Waals surface area contributed by atoms with Crippen LogP contribution in [-0.4, -0.2) is 23.7 Å². The molecule has 0 unspecified atom stereocenters. The van der Waals surface area contributed by atoms with Gasteiger partial charge in [0.05, 0.1) is 29.3 Å². The molecular formula is C18H13BrN4O2S. The van der Waals surface area contributed by atoms with Crippen molar-refractivity contribution in [2.45, 2.75) is 13.5 Å². The van der Waals surface area contributed by atoms with Crippen LogP contribution in [0.2, 0.25) is 0 Å². The summed E-state index contributed by atoms with van der Waals surface area (Å²) in [5.41, 5.74) is 3.41. The van der Waals surface area contributed by atoms with E-state index in [0.717, 1.165) is 16.2 Å². The van der Waals surface area contributed by atoms with Gasteiger partial charge in [-0.1, -0.05) is 34.6 Å². The van der Waals surface area contributed by atoms with Crippen LogP contribution in [0.1, 0.15) is 17.3 Å². The predicted octanol–water partition coefficient (Wildman–Crippen LogP) is 3.94. The zero-order valence-corrected chi connectivity index (χ0v) is 16.2. The second kappa shape index (κ2) is 6.30. The lowest BCUT2D eigenvalue weighted by molar-refractivity contribution is 0.0972. The molecule has 6 nitrogen and oxygen atoms in total. The normalized spacial score (nSPS) is 11.3. The summed E-state index contributed by atoms with van der Waals surface area (Å²) in [4.78, 5) is 25.7. The second-order valence-corrected chi connectivity index (χ2v) is 7.38. The summed E-state index contributed by atoms with van der Waals surface area (Å²) in [6.45, 7) is 5.57. The number of Topliss-reactive ketones (excluding diaryl/α,β-unsaturated/α-hetero) is 1. The highest BCUT2D eigenvalue weighted by Gasteiger charge is 2.20. The number of halogens is 1. The summed E-state index contributed by atoms with van der Waals surface area (Å²) in [6, 6.07) is 10.7. The van der Waals surface area contributed by atoms with Crippen molar-refractivity contribution in [1.82, 2.24) is 17.9 Å². The number of rotatable bonds is 4. The molecule has 2 aromatic carbocycles. The monoisotopic (exact) mass is 428 g/mol. The molecule has 0 fully saturated rings. The number of aromatic nitrogens is 4. The standard InChI is InChI=1S/C18H13BrN4O2S/c1-10(2)23-14-8-7-13-16(21-26-20-13)17(14)22(18(23)25)9-15(24)11-3-5-12(19)6-4-11/h3-8H,1,9H2,2H3. The molecule has 0 saturated carbocycles. The van der Waals surface area contributed by atoms with Crippen molar-refractivity contribution in [3.8, 4) is 0 Å². The lowest BCUT2D eigenvalue weighted by Gasteiger charge is -2.04. The van der Waals surface area contributed by atoms with Crippen molar-refractivity contribution < 1.29 is 4.79 Å². The molecule has 0 amide bonds. The number of carbonyl (C=O) groups excluding carboxylic acids is 1. The lowest BCUT2D eigenvalue weighted by atomic mass is 10.1. The molecule has 2 aromatic heterocycles. The number of carbonyl (C=O) groups is 1. The van der Waals surface area contributed by atoms with Crippen molar-refractivity contribution in [1.29, 1.82) is 0 Å². The molecule has 0 aliphatic heterocycles. The first-order valence-corrected chi connectivity index (χ1v) is 9.31. The largest absolute Gasteiger partial charge is 0.333 e. The van der Waals surface area contributed by atoms with Gasteiger partial charge in [-0.3, -0.25) is 13.9 Å². The SMILES string of the molecule is C=C(C)n1c(=O)n(CC(=O)c2ccc(Br)cc2)c2c3nsnc3ccc21. The molecule has 26 heavy (non-hydrogen) atoms. The number of allylic oxidation sites excluding steroid dienone is 1. The number of imidazole rings is 1. The number of benzene rings is 2. The van der Waals surface area contributed by atoms with E-state index in [-0.39, 0.29) is 18.0 Å². The van der Waals surface area contributed by atoms with E-state index < -0.39 is 0 Å². The first-order chi connectivity index (χ1) is 12.5. The third-order valence-corrected chi connectivity index (χ3v) is 5.23. The maximum absolute atomic E-state index is 13.0. The highest BCUT2D eigenvalue weighted by molar-refractivity contribution is 9.10. The van der Waals surface area contributed by atoms with Crippen LogP contribution in [0.3, 0.4) is 0 Å². The number of nitrogens with zero attached hydrogens (tertiary/aromatic N) is 4. The van der Waals surface area contributed by atoms with Gasteiger partial charge in [0.15, 0.2) is 5.78 Å². The Morgan fingerprint density at radius 1 is 1.19 bits per heavy atom. The molecule has 0 bridgehead atoms. The summed E-state index contributed by atoms with van der Waals surface area (Å²) >= 11 is 4.43. The van der Waals surface area contributed by atoms with E-state index in [9.17, 15) is 9.59 Å². The van der Waals surface area contributed by atoms with E-state index in [1.807, 2.05) is 12.1 Å². The average molecular weight is 429 g/mol. The van der Waals surface area contributed by atoms with Crippen molar-refractivity contribution in [3.63, 3.8) is 0 Å². The molecule has 0 aliphatic rings. The molecular weight excluding hydrogens is 416 g/mol. The lowest BCUT2D eigenvalue weighted by Crippen LogP contribution is -2.26. The predicted molar refractivity (Wildman–Crippen MR) is 107 cm³/mol. The van der Waals surface area contributed by atoms with Gasteiger partial charge in [-0.15, -0.1) is 0 Å². The van der Waals surface area contributed by atoms with Gasteiger partial charge < -0.3 is 0 Å². The van der Waals surface area contributed by atoms with Gasteiger partial charge in [0.2, 0.25) is 0 Å². The Morgan fingerprint density at radius 3 is 2.62 bits per heavy atom. The number of fused-ring (bicyclic) bond motifs is 3. The fourth-order valence-corrected chi connectivity index (χ4v) is 3.78. The molecule has 130 valence electrons. The summed E-state index contributed by atoms with van der Waals surface area (Å²) in [5.74, 6) is -0.152. The van der Waals surface area contributed by atoms with Gasteiger partial charge in [0, 0.05) is 15.7 Å². The molecule has 0 N–H and O–H groups in total. The first kappa shape index (κ1) is 16.9. The van der Waals surface area contributed by atoms with Crippen LogP contribution in [-0.2, 0) is 6.54 Å². The summed E-state index contributed by atoms with van der Waals surface area (Å²) < 4.78 is 12.4. The van der Waals surface area contributed by atoms with E-state index in [1.54, 1.807) is 31.2 Å². The molecule has 8 heteroatoms. The van der Waals surface area contributed by atoms with Gasteiger partial charge in [0.1, 0.15) is 11.0 Å². The maximum Gasteiger partial charge on any atom is 0.333 e. The molecule has 0 spiro atoms. The van der Waals surface area contributed by atoms with Gasteiger partial charge >= 0.3 is 5.69 Å². The Kier molecular flexibility index (Phi) is 4.08. The van der Waals surface area contributed by atoms with Crippen LogP contribution < -0.4 is 5.69 Å². The molecule has 0 atom stereocenters. The van der Waals surface area contributed by atoms with E-state index in [2.05, 4.69) is 31.3 Å². The quantitative estimate of drug-likeness (QED) is 0.461. The fraction of sp³-hybridized carbons (Fsp3) is 0.111. The third kappa shape index (κ3) is 2.62. The van der Waals surface area contributed by atoms with Crippen LogP contribution in [0.25, 0.3) is 27.8 Å². The smallest absolute Gasteiger partial charge is 0.292 e. The maximum atomic E-state index is 13.0.